The van der Waals surface area contributed by atoms with Crippen LogP contribution in [0, 0.1) is 5.82 Å². The molecule has 0 aromatic heterocycles. The largest absolute Gasteiger partial charge is 0.339 e. The molecular weight excluding hydrogens is 397 g/mol. The van der Waals surface area contributed by atoms with Crippen molar-refractivity contribution in [2.75, 3.05) is 26.0 Å². The van der Waals surface area contributed by atoms with Crippen LogP contribution in [-0.2, 0) is 21.4 Å². The van der Waals surface area contributed by atoms with E-state index >= 15 is 0 Å². The quantitative estimate of drug-likeness (QED) is 0.745. The molecular formula is C20H24FN3O4S. The lowest BCUT2D eigenvalue weighted by Crippen LogP contribution is -2.27. The first kappa shape index (κ1) is 22.5. The molecule has 29 heavy (non-hydrogen) atoms. The van der Waals surface area contributed by atoms with Crippen LogP contribution in [0.25, 0.3) is 0 Å². The summed E-state index contributed by atoms with van der Waals surface area (Å²) in [5, 5.41) is 2.67. The summed E-state index contributed by atoms with van der Waals surface area (Å²) < 4.78 is 39.4. The molecule has 0 spiro atoms. The topological polar surface area (TPSA) is 86.8 Å². The fourth-order valence-corrected chi connectivity index (χ4v) is 3.64. The van der Waals surface area contributed by atoms with Gasteiger partial charge in [0.1, 0.15) is 10.7 Å². The first-order chi connectivity index (χ1) is 13.6. The van der Waals surface area contributed by atoms with Crippen LogP contribution < -0.4 is 5.32 Å². The Labute approximate surface area is 170 Å². The number of hydrogen-bond acceptors (Lipinski definition) is 4. The Balaban J connectivity index is 2.25. The molecule has 0 aliphatic heterocycles. The highest BCUT2D eigenvalue weighted by molar-refractivity contribution is 7.89. The number of rotatable bonds is 7. The van der Waals surface area contributed by atoms with Crippen LogP contribution in [0.3, 0.4) is 0 Å². The Morgan fingerprint density at radius 3 is 2.38 bits per heavy atom. The van der Waals surface area contributed by atoms with Gasteiger partial charge in [0.2, 0.25) is 15.9 Å². The maximum atomic E-state index is 14.0. The minimum atomic E-state index is -4.03. The Hall–Kier alpha value is -2.78. The second-order valence-corrected chi connectivity index (χ2v) is 8.74. The molecule has 0 bridgehead atoms. The van der Waals surface area contributed by atoms with E-state index in [1.54, 1.807) is 23.1 Å². The summed E-state index contributed by atoms with van der Waals surface area (Å²) in [7, 11) is -1.46. The Kier molecular flexibility index (Phi) is 7.10. The SMILES string of the molecule is CCN(Cc1cccc(NC(=O)c2ccc(F)c(S(=O)(=O)N(C)C)c2)c1)C(C)=O. The first-order valence-corrected chi connectivity index (χ1v) is 10.4. The van der Waals surface area contributed by atoms with Crippen LogP contribution >= 0.6 is 0 Å². The molecule has 2 amide bonds. The number of sulfonamides is 1. The maximum absolute atomic E-state index is 14.0. The maximum Gasteiger partial charge on any atom is 0.255 e. The van der Waals surface area contributed by atoms with E-state index in [1.807, 2.05) is 13.0 Å². The van der Waals surface area contributed by atoms with E-state index in [-0.39, 0.29) is 11.5 Å². The summed E-state index contributed by atoms with van der Waals surface area (Å²) in [5.74, 6) is -1.56. The normalized spacial score (nSPS) is 11.4. The standard InChI is InChI=1S/C20H24FN3O4S/c1-5-24(14(2)25)13-15-7-6-8-17(11-15)22-20(26)16-9-10-18(21)19(12-16)29(27,28)23(3)4/h6-12H,5,13H2,1-4H3,(H,22,26). The lowest BCUT2D eigenvalue weighted by atomic mass is 10.1. The van der Waals surface area contributed by atoms with Crippen molar-refractivity contribution in [1.82, 2.24) is 9.21 Å². The first-order valence-electron chi connectivity index (χ1n) is 8.94. The molecule has 0 radical (unpaired) electrons. The lowest BCUT2D eigenvalue weighted by molar-refractivity contribution is -0.129. The average Bonchev–Trinajstić information content (AvgIpc) is 2.66. The number of amides is 2. The number of carbonyl (C=O) groups excluding carboxylic acids is 2. The molecule has 0 saturated carbocycles. The highest BCUT2D eigenvalue weighted by Gasteiger charge is 2.23. The van der Waals surface area contributed by atoms with E-state index in [1.165, 1.54) is 27.1 Å². The summed E-state index contributed by atoms with van der Waals surface area (Å²) in [6, 6.07) is 10.2. The van der Waals surface area contributed by atoms with Crippen LogP contribution in [0.15, 0.2) is 47.4 Å². The summed E-state index contributed by atoms with van der Waals surface area (Å²) in [4.78, 5) is 25.2. The molecule has 0 aliphatic carbocycles. The number of nitrogens with one attached hydrogen (secondary N) is 1. The van der Waals surface area contributed by atoms with E-state index in [9.17, 15) is 22.4 Å². The summed E-state index contributed by atoms with van der Waals surface area (Å²) in [6.45, 7) is 4.33. The fourth-order valence-electron chi connectivity index (χ4n) is 2.66. The van der Waals surface area contributed by atoms with Gasteiger partial charge in [-0.2, -0.15) is 0 Å². The van der Waals surface area contributed by atoms with Gasteiger partial charge in [-0.15, -0.1) is 0 Å². The number of carbonyl (C=O) groups is 2. The molecule has 0 heterocycles. The van der Waals surface area contributed by atoms with Crippen molar-refractivity contribution in [3.05, 3.63) is 59.4 Å². The number of halogens is 1. The summed E-state index contributed by atoms with van der Waals surface area (Å²) >= 11 is 0. The third-order valence-electron chi connectivity index (χ3n) is 4.34. The molecule has 9 heteroatoms. The van der Waals surface area contributed by atoms with E-state index in [2.05, 4.69) is 5.32 Å². The lowest BCUT2D eigenvalue weighted by Gasteiger charge is -2.19. The van der Waals surface area contributed by atoms with Crippen LogP contribution in [0.2, 0.25) is 0 Å². The molecule has 7 nitrogen and oxygen atoms in total. The highest BCUT2D eigenvalue weighted by Crippen LogP contribution is 2.20. The van der Waals surface area contributed by atoms with Crippen molar-refractivity contribution in [1.29, 1.82) is 0 Å². The van der Waals surface area contributed by atoms with Crippen LogP contribution in [0.1, 0.15) is 29.8 Å². The van der Waals surface area contributed by atoms with Crippen molar-refractivity contribution >= 4 is 27.5 Å². The minimum Gasteiger partial charge on any atom is -0.339 e. The van der Waals surface area contributed by atoms with Gasteiger partial charge in [-0.3, -0.25) is 9.59 Å². The van der Waals surface area contributed by atoms with Crippen molar-refractivity contribution in [2.24, 2.45) is 0 Å². The van der Waals surface area contributed by atoms with E-state index in [4.69, 9.17) is 0 Å². The molecule has 0 unspecified atom stereocenters. The molecule has 0 aliphatic rings. The van der Waals surface area contributed by atoms with E-state index < -0.39 is 26.6 Å². The predicted molar refractivity (Wildman–Crippen MR) is 108 cm³/mol. The number of hydrogen-bond donors (Lipinski definition) is 1. The molecule has 2 aromatic rings. The Morgan fingerprint density at radius 1 is 1.10 bits per heavy atom. The van der Waals surface area contributed by atoms with Crippen molar-refractivity contribution in [3.8, 4) is 0 Å². The molecule has 0 atom stereocenters. The van der Waals surface area contributed by atoms with Crippen molar-refractivity contribution in [3.63, 3.8) is 0 Å². The van der Waals surface area contributed by atoms with Gasteiger partial charge in [0.05, 0.1) is 0 Å². The highest BCUT2D eigenvalue weighted by atomic mass is 32.2. The summed E-state index contributed by atoms with van der Waals surface area (Å²) in [6.07, 6.45) is 0. The van der Waals surface area contributed by atoms with Crippen LogP contribution in [0.4, 0.5) is 10.1 Å². The third-order valence-corrected chi connectivity index (χ3v) is 6.17. The van der Waals surface area contributed by atoms with Gasteiger partial charge in [-0.05, 0) is 42.8 Å². The number of anilines is 1. The molecule has 156 valence electrons. The van der Waals surface area contributed by atoms with Gasteiger partial charge >= 0.3 is 0 Å². The van der Waals surface area contributed by atoms with Gasteiger partial charge < -0.3 is 10.2 Å². The Morgan fingerprint density at radius 2 is 1.79 bits per heavy atom. The predicted octanol–water partition coefficient (Wildman–Crippen LogP) is 2.70. The van der Waals surface area contributed by atoms with Crippen molar-refractivity contribution < 1.29 is 22.4 Å². The zero-order valence-corrected chi connectivity index (χ0v) is 17.6. The molecule has 2 rings (SSSR count). The van der Waals surface area contributed by atoms with Gasteiger partial charge in [0.15, 0.2) is 0 Å². The molecule has 0 saturated heterocycles. The second-order valence-electron chi connectivity index (χ2n) is 6.62. The smallest absolute Gasteiger partial charge is 0.255 e. The zero-order chi connectivity index (χ0) is 21.8. The van der Waals surface area contributed by atoms with Crippen LogP contribution in [0.5, 0.6) is 0 Å². The minimum absolute atomic E-state index is 0.0103. The Bertz CT molecular complexity index is 1020. The number of nitrogens with zero attached hydrogens (tertiary/aromatic N) is 2. The zero-order valence-electron chi connectivity index (χ0n) is 16.8. The van der Waals surface area contributed by atoms with Crippen LogP contribution in [-0.4, -0.2) is 50.1 Å². The third kappa shape index (κ3) is 5.39. The van der Waals surface area contributed by atoms with Gasteiger partial charge in [0, 0.05) is 45.4 Å². The van der Waals surface area contributed by atoms with Gasteiger partial charge in [-0.25, -0.2) is 17.1 Å². The van der Waals surface area contributed by atoms with Gasteiger partial charge in [-0.1, -0.05) is 12.1 Å². The monoisotopic (exact) mass is 421 g/mol. The number of benzene rings is 2. The molecule has 1 N–H and O–H groups in total. The molecule has 0 fully saturated rings. The average molecular weight is 421 g/mol. The second kappa shape index (κ2) is 9.15. The fraction of sp³-hybridized carbons (Fsp3) is 0.300. The molecule has 2 aromatic carbocycles. The van der Waals surface area contributed by atoms with E-state index in [0.29, 0.717) is 18.8 Å². The van der Waals surface area contributed by atoms with E-state index in [0.717, 1.165) is 22.0 Å². The summed E-state index contributed by atoms with van der Waals surface area (Å²) in [5.41, 5.74) is 1.32. The van der Waals surface area contributed by atoms with Crippen molar-refractivity contribution in [2.45, 2.75) is 25.3 Å². The van der Waals surface area contributed by atoms with Gasteiger partial charge in [0.25, 0.3) is 5.91 Å².